The minimum atomic E-state index is -0.986. The Morgan fingerprint density at radius 1 is 0.911 bits per heavy atom. The molecule has 3 aliphatic heterocycles. The molecule has 4 heterocycles. The van der Waals surface area contributed by atoms with Crippen molar-refractivity contribution in [2.75, 3.05) is 18.0 Å². The molecule has 0 radical (unpaired) electrons. The zero-order valence-electron chi connectivity index (χ0n) is 31.7. The van der Waals surface area contributed by atoms with Gasteiger partial charge in [-0.25, -0.2) is 4.85 Å². The Bertz CT molecular complexity index is 2280. The fourth-order valence-corrected chi connectivity index (χ4v) is 9.78. The van der Waals surface area contributed by atoms with Gasteiger partial charge in [0, 0.05) is 77.3 Å². The number of halogens is 1. The number of piperidine rings is 2. The van der Waals surface area contributed by atoms with Crippen LogP contribution in [0.2, 0.25) is 5.02 Å². The van der Waals surface area contributed by atoms with E-state index < -0.39 is 29.7 Å². The van der Waals surface area contributed by atoms with Gasteiger partial charge in [0.15, 0.2) is 0 Å². The molecule has 0 bridgehead atoms. The number of nitrogens with one attached hydrogen (secondary N) is 2. The molecule has 8 rings (SSSR count). The maximum absolute atomic E-state index is 13.5. The second kappa shape index (κ2) is 13.8. The van der Waals surface area contributed by atoms with Crippen LogP contribution in [0.1, 0.15) is 84.5 Å². The number of imide groups is 2. The summed E-state index contributed by atoms with van der Waals surface area (Å²) in [5, 5.41) is 7.56. The summed E-state index contributed by atoms with van der Waals surface area (Å²) in [7, 11) is 0. The normalized spacial score (nSPS) is 23.0. The number of aromatic nitrogens is 1. The van der Waals surface area contributed by atoms with Crippen LogP contribution in [-0.4, -0.2) is 70.3 Å². The highest BCUT2D eigenvalue weighted by Gasteiger charge is 2.64. The SMILES string of the molecule is [C-]#[N+]c1ccc(OC2C(C)(C)C(NC(=O)c3ccc(N4CCC(Cn5cc6cc7c(cc6c5)C(=O)N(C5CCC(=O)NC5=O)C7=O)CC4)cc3)C2(C)C)cc1Cl. The van der Waals surface area contributed by atoms with Crippen LogP contribution in [0, 0.1) is 23.3 Å². The standard InChI is InChI=1S/C43H43ClN6O6/c1-42(2)40(43(3,4)41(42)56-29-10-11-33(45-5)32(44)20-29)47-36(52)25-6-8-28(9-7-25)49-16-14-24(15-17-49)21-48-22-26-18-30-31(19-27(26)23-48)39(55)50(38(30)54)34-12-13-35(51)46-37(34)53/h6-11,18-20,22-24,34,40-41H,12-17,21H2,1-4H3,(H,47,52)(H,46,51,53). The zero-order chi connectivity index (χ0) is 39.7. The van der Waals surface area contributed by atoms with E-state index in [0.717, 1.165) is 53.8 Å². The van der Waals surface area contributed by atoms with Crippen LogP contribution in [0.5, 0.6) is 5.75 Å². The van der Waals surface area contributed by atoms with Gasteiger partial charge in [-0.05, 0) is 73.7 Å². The average molecular weight is 775 g/mol. The molecular weight excluding hydrogens is 732 g/mol. The number of hydrogen-bond acceptors (Lipinski definition) is 7. The van der Waals surface area contributed by atoms with Crippen molar-refractivity contribution in [3.8, 4) is 5.75 Å². The molecule has 1 aliphatic carbocycles. The van der Waals surface area contributed by atoms with Crippen LogP contribution in [0.4, 0.5) is 11.4 Å². The molecule has 0 spiro atoms. The maximum atomic E-state index is 13.5. The van der Waals surface area contributed by atoms with Gasteiger partial charge in [0.25, 0.3) is 17.7 Å². The second-order valence-electron chi connectivity index (χ2n) is 16.7. The molecule has 2 saturated heterocycles. The number of ether oxygens (including phenoxy) is 1. The van der Waals surface area contributed by atoms with Gasteiger partial charge >= 0.3 is 0 Å². The molecule has 4 aromatic rings. The number of rotatable bonds is 8. The van der Waals surface area contributed by atoms with E-state index in [0.29, 0.717) is 27.9 Å². The predicted molar refractivity (Wildman–Crippen MR) is 211 cm³/mol. The first-order chi connectivity index (χ1) is 26.6. The number of carbonyl (C=O) groups excluding carboxylic acids is 5. The average Bonchev–Trinajstić information content (AvgIpc) is 3.67. The summed E-state index contributed by atoms with van der Waals surface area (Å²) in [4.78, 5) is 70.9. The van der Waals surface area contributed by atoms with Crippen molar-refractivity contribution in [2.45, 2.75) is 78.1 Å². The highest BCUT2D eigenvalue weighted by atomic mass is 35.5. The highest BCUT2D eigenvalue weighted by molar-refractivity contribution is 6.33. The van der Waals surface area contributed by atoms with Gasteiger partial charge in [-0.1, -0.05) is 45.4 Å². The van der Waals surface area contributed by atoms with Crippen LogP contribution in [0.25, 0.3) is 15.6 Å². The first-order valence-corrected chi connectivity index (χ1v) is 19.4. The van der Waals surface area contributed by atoms with E-state index in [4.69, 9.17) is 22.9 Å². The zero-order valence-corrected chi connectivity index (χ0v) is 32.5. The lowest BCUT2D eigenvalue weighted by molar-refractivity contribution is -0.164. The summed E-state index contributed by atoms with van der Waals surface area (Å²) >= 11 is 6.25. The van der Waals surface area contributed by atoms with Gasteiger partial charge in [-0.15, -0.1) is 0 Å². The molecule has 1 saturated carbocycles. The van der Waals surface area contributed by atoms with Gasteiger partial charge in [0.05, 0.1) is 22.7 Å². The van der Waals surface area contributed by atoms with Crippen LogP contribution < -0.4 is 20.3 Å². The summed E-state index contributed by atoms with van der Waals surface area (Å²) < 4.78 is 8.51. The summed E-state index contributed by atoms with van der Waals surface area (Å²) in [5.41, 5.74) is 1.89. The number of carbonyl (C=O) groups is 5. The Morgan fingerprint density at radius 2 is 1.54 bits per heavy atom. The molecule has 288 valence electrons. The third-order valence-electron chi connectivity index (χ3n) is 12.2. The Kier molecular flexibility index (Phi) is 9.19. The van der Waals surface area contributed by atoms with Gasteiger partial charge in [-0.2, -0.15) is 0 Å². The molecule has 3 aromatic carbocycles. The minimum absolute atomic E-state index is 0.0818. The van der Waals surface area contributed by atoms with E-state index in [1.165, 1.54) is 0 Å². The van der Waals surface area contributed by atoms with Gasteiger partial charge in [0.2, 0.25) is 17.5 Å². The minimum Gasteiger partial charge on any atom is -0.489 e. The summed E-state index contributed by atoms with van der Waals surface area (Å²) in [6, 6.07) is 15.2. The predicted octanol–water partition coefficient (Wildman–Crippen LogP) is 6.78. The largest absolute Gasteiger partial charge is 0.489 e. The van der Waals surface area contributed by atoms with E-state index in [1.807, 2.05) is 36.7 Å². The molecule has 56 heavy (non-hydrogen) atoms. The highest BCUT2D eigenvalue weighted by Crippen LogP contribution is 2.55. The molecule has 5 amide bonds. The van der Waals surface area contributed by atoms with Crippen LogP contribution in [0.15, 0.2) is 67.0 Å². The van der Waals surface area contributed by atoms with Crippen molar-refractivity contribution >= 4 is 63.3 Å². The third-order valence-corrected chi connectivity index (χ3v) is 12.5. The quantitative estimate of drug-likeness (QED) is 0.149. The summed E-state index contributed by atoms with van der Waals surface area (Å²) in [6.45, 7) is 18.1. The summed E-state index contributed by atoms with van der Waals surface area (Å²) in [6.07, 6.45) is 5.99. The molecule has 1 aromatic heterocycles. The smallest absolute Gasteiger partial charge is 0.262 e. The number of hydrogen-bond donors (Lipinski definition) is 2. The van der Waals surface area contributed by atoms with Crippen molar-refractivity contribution in [1.82, 2.24) is 20.1 Å². The van der Waals surface area contributed by atoms with Crippen LogP contribution in [-0.2, 0) is 16.1 Å². The van der Waals surface area contributed by atoms with Gasteiger partial charge in [0.1, 0.15) is 17.9 Å². The lowest BCUT2D eigenvalue weighted by Gasteiger charge is -2.63. The molecule has 4 aliphatic rings. The Morgan fingerprint density at radius 3 is 2.11 bits per heavy atom. The molecule has 1 unspecified atom stereocenters. The van der Waals surface area contributed by atoms with E-state index in [1.54, 1.807) is 30.3 Å². The topological polar surface area (TPSA) is 134 Å². The first-order valence-electron chi connectivity index (χ1n) is 19.0. The lowest BCUT2D eigenvalue weighted by atomic mass is 9.49. The maximum Gasteiger partial charge on any atom is 0.262 e. The van der Waals surface area contributed by atoms with Crippen molar-refractivity contribution in [3.05, 3.63) is 100 Å². The van der Waals surface area contributed by atoms with E-state index in [9.17, 15) is 24.0 Å². The Balaban J connectivity index is 0.849. The molecule has 13 heteroatoms. The van der Waals surface area contributed by atoms with Crippen molar-refractivity contribution in [2.24, 2.45) is 16.7 Å². The molecule has 1 atom stereocenters. The van der Waals surface area contributed by atoms with Gasteiger partial charge < -0.3 is 19.5 Å². The van der Waals surface area contributed by atoms with E-state index in [2.05, 4.69) is 52.6 Å². The fourth-order valence-electron chi connectivity index (χ4n) is 9.57. The van der Waals surface area contributed by atoms with E-state index in [-0.39, 0.29) is 52.9 Å². The first kappa shape index (κ1) is 37.3. The molecule has 3 fully saturated rings. The second-order valence-corrected chi connectivity index (χ2v) is 17.1. The molecule has 2 N–H and O–H groups in total. The Hall–Kier alpha value is -5.67. The fraction of sp³-hybridized carbons (Fsp3) is 0.395. The molecule has 12 nitrogen and oxygen atoms in total. The number of amides is 5. The Labute approximate surface area is 329 Å². The molecular formula is C43H43ClN6O6. The monoisotopic (exact) mass is 774 g/mol. The van der Waals surface area contributed by atoms with E-state index >= 15 is 0 Å². The lowest BCUT2D eigenvalue weighted by Crippen LogP contribution is -2.74. The van der Waals surface area contributed by atoms with Gasteiger partial charge in [-0.3, -0.25) is 34.2 Å². The van der Waals surface area contributed by atoms with Crippen LogP contribution in [0.3, 0.4) is 0 Å². The number of nitrogens with zero attached hydrogens (tertiary/aromatic N) is 4. The number of fused-ring (bicyclic) bond motifs is 2. The number of anilines is 1. The summed E-state index contributed by atoms with van der Waals surface area (Å²) in [5.74, 6) is -1.13. The van der Waals surface area contributed by atoms with Crippen molar-refractivity contribution in [1.29, 1.82) is 0 Å². The van der Waals surface area contributed by atoms with Crippen molar-refractivity contribution in [3.63, 3.8) is 0 Å². The van der Waals surface area contributed by atoms with Crippen LogP contribution >= 0.6 is 11.6 Å². The number of benzene rings is 3. The third kappa shape index (κ3) is 6.37. The van der Waals surface area contributed by atoms with Crippen molar-refractivity contribution < 1.29 is 28.7 Å².